The lowest BCUT2D eigenvalue weighted by atomic mass is 10.3. The predicted octanol–water partition coefficient (Wildman–Crippen LogP) is 0.548. The van der Waals surface area contributed by atoms with Crippen molar-refractivity contribution in [3.8, 4) is 0 Å². The lowest BCUT2D eigenvalue weighted by molar-refractivity contribution is 0.600. The molecular weight excluding hydrogens is 240 g/mol. The van der Waals surface area contributed by atoms with Crippen LogP contribution in [-0.2, 0) is 15.6 Å². The largest absolute Gasteiger partial charge is 0.269 e. The van der Waals surface area contributed by atoms with E-state index in [4.69, 9.17) is 0 Å². The lowest BCUT2D eigenvalue weighted by Crippen LogP contribution is -2.16. The van der Waals surface area contributed by atoms with E-state index in [1.54, 1.807) is 18.3 Å². The summed E-state index contributed by atoms with van der Waals surface area (Å²) in [5.74, 6) is -0.216. The van der Waals surface area contributed by atoms with Gasteiger partial charge in [-0.15, -0.1) is 0 Å². The van der Waals surface area contributed by atoms with Crippen LogP contribution in [0.2, 0.25) is 0 Å². The molecule has 0 spiro atoms. The SMILES string of the molecule is Cc1ccn2c(=O)cc(CS(C)(=O)=O)nc2c1. The Morgan fingerprint density at radius 1 is 1.35 bits per heavy atom. The summed E-state index contributed by atoms with van der Waals surface area (Å²) in [5.41, 5.74) is 1.45. The molecule has 0 N–H and O–H groups in total. The van der Waals surface area contributed by atoms with Crippen molar-refractivity contribution in [3.63, 3.8) is 0 Å². The van der Waals surface area contributed by atoms with Crippen LogP contribution < -0.4 is 5.56 Å². The topological polar surface area (TPSA) is 68.5 Å². The van der Waals surface area contributed by atoms with E-state index < -0.39 is 9.84 Å². The normalized spacial score (nSPS) is 11.9. The van der Waals surface area contributed by atoms with Crippen molar-refractivity contribution in [2.75, 3.05) is 6.26 Å². The van der Waals surface area contributed by atoms with Crippen molar-refractivity contribution >= 4 is 15.5 Å². The van der Waals surface area contributed by atoms with Crippen LogP contribution in [0.15, 0.2) is 29.2 Å². The van der Waals surface area contributed by atoms with E-state index in [0.29, 0.717) is 5.65 Å². The molecule has 6 heteroatoms. The average Bonchev–Trinajstić information content (AvgIpc) is 2.13. The lowest BCUT2D eigenvalue weighted by Gasteiger charge is -2.03. The van der Waals surface area contributed by atoms with E-state index in [1.807, 2.05) is 6.92 Å². The number of nitrogens with zero attached hydrogens (tertiary/aromatic N) is 2. The van der Waals surface area contributed by atoms with Crippen LogP contribution in [0.4, 0.5) is 0 Å². The molecule has 0 aliphatic heterocycles. The molecule has 90 valence electrons. The summed E-state index contributed by atoms with van der Waals surface area (Å²) in [6.45, 7) is 1.88. The molecule has 0 aliphatic rings. The van der Waals surface area contributed by atoms with Gasteiger partial charge in [-0.05, 0) is 24.6 Å². The van der Waals surface area contributed by atoms with Crippen molar-refractivity contribution in [2.24, 2.45) is 0 Å². The fourth-order valence-corrected chi connectivity index (χ4v) is 2.28. The van der Waals surface area contributed by atoms with Crippen molar-refractivity contribution in [1.29, 1.82) is 0 Å². The van der Waals surface area contributed by atoms with Crippen LogP contribution in [-0.4, -0.2) is 24.1 Å². The summed E-state index contributed by atoms with van der Waals surface area (Å²) in [6.07, 6.45) is 2.75. The molecule has 0 atom stereocenters. The van der Waals surface area contributed by atoms with Crippen molar-refractivity contribution in [1.82, 2.24) is 9.38 Å². The molecule has 5 nitrogen and oxygen atoms in total. The van der Waals surface area contributed by atoms with Crippen LogP contribution in [0.5, 0.6) is 0 Å². The number of aromatic nitrogens is 2. The second-order valence-electron chi connectivity index (χ2n) is 4.09. The summed E-state index contributed by atoms with van der Waals surface area (Å²) < 4.78 is 23.7. The Labute approximate surface area is 98.7 Å². The van der Waals surface area contributed by atoms with Crippen LogP contribution in [0.1, 0.15) is 11.3 Å². The number of pyridine rings is 1. The Kier molecular flexibility index (Phi) is 2.74. The zero-order valence-electron chi connectivity index (χ0n) is 9.54. The number of fused-ring (bicyclic) bond motifs is 1. The molecule has 2 heterocycles. The van der Waals surface area contributed by atoms with Crippen LogP contribution in [0, 0.1) is 6.92 Å². The minimum Gasteiger partial charge on any atom is -0.269 e. The summed E-state index contributed by atoms with van der Waals surface area (Å²) in [5, 5.41) is 0. The quantitative estimate of drug-likeness (QED) is 0.782. The summed E-state index contributed by atoms with van der Waals surface area (Å²) >= 11 is 0. The van der Waals surface area contributed by atoms with Gasteiger partial charge in [0.25, 0.3) is 5.56 Å². The van der Waals surface area contributed by atoms with E-state index in [-0.39, 0.29) is 17.0 Å². The van der Waals surface area contributed by atoms with Gasteiger partial charge >= 0.3 is 0 Å². The molecule has 0 saturated heterocycles. The van der Waals surface area contributed by atoms with Crippen molar-refractivity contribution < 1.29 is 8.42 Å². The Morgan fingerprint density at radius 2 is 2.06 bits per heavy atom. The Balaban J connectivity index is 2.66. The van der Waals surface area contributed by atoms with Gasteiger partial charge in [0.05, 0.1) is 11.4 Å². The number of rotatable bonds is 2. The molecule has 2 rings (SSSR count). The van der Waals surface area contributed by atoms with Crippen molar-refractivity contribution in [2.45, 2.75) is 12.7 Å². The van der Waals surface area contributed by atoms with Gasteiger partial charge < -0.3 is 0 Å². The Morgan fingerprint density at radius 3 is 2.71 bits per heavy atom. The molecule has 2 aromatic heterocycles. The minimum absolute atomic E-state index is 0.216. The highest BCUT2D eigenvalue weighted by molar-refractivity contribution is 7.89. The first-order chi connectivity index (χ1) is 7.85. The first-order valence-electron chi connectivity index (χ1n) is 5.02. The van der Waals surface area contributed by atoms with E-state index >= 15 is 0 Å². The maximum absolute atomic E-state index is 11.7. The van der Waals surface area contributed by atoms with Crippen LogP contribution >= 0.6 is 0 Å². The molecule has 2 aromatic rings. The highest BCUT2D eigenvalue weighted by Gasteiger charge is 2.08. The summed E-state index contributed by atoms with van der Waals surface area (Å²) in [6, 6.07) is 4.79. The van der Waals surface area contributed by atoms with Gasteiger partial charge in [-0.25, -0.2) is 13.4 Å². The number of hydrogen-bond acceptors (Lipinski definition) is 4. The fraction of sp³-hybridized carbons (Fsp3) is 0.273. The molecule has 0 radical (unpaired) electrons. The Hall–Kier alpha value is -1.69. The fourth-order valence-electron chi connectivity index (χ4n) is 1.60. The molecule has 0 fully saturated rings. The van der Waals surface area contributed by atoms with E-state index in [1.165, 1.54) is 10.5 Å². The standard InChI is InChI=1S/C11H12N2O3S/c1-8-3-4-13-10(5-8)12-9(6-11(13)14)7-17(2,15)16/h3-6H,7H2,1-2H3. The monoisotopic (exact) mass is 252 g/mol. The third kappa shape index (κ3) is 2.71. The van der Waals surface area contributed by atoms with Crippen LogP contribution in [0.3, 0.4) is 0 Å². The zero-order valence-corrected chi connectivity index (χ0v) is 10.4. The first-order valence-corrected chi connectivity index (χ1v) is 7.08. The third-order valence-electron chi connectivity index (χ3n) is 2.29. The van der Waals surface area contributed by atoms with Crippen molar-refractivity contribution in [3.05, 3.63) is 46.0 Å². The van der Waals surface area contributed by atoms with Gasteiger partial charge in [-0.2, -0.15) is 0 Å². The van der Waals surface area contributed by atoms with E-state index in [9.17, 15) is 13.2 Å². The number of hydrogen-bond donors (Lipinski definition) is 0. The molecule has 17 heavy (non-hydrogen) atoms. The van der Waals surface area contributed by atoms with Gasteiger partial charge in [0.1, 0.15) is 5.65 Å². The van der Waals surface area contributed by atoms with E-state index in [2.05, 4.69) is 4.98 Å². The molecule has 0 aliphatic carbocycles. The highest BCUT2D eigenvalue weighted by atomic mass is 32.2. The molecule has 0 aromatic carbocycles. The second kappa shape index (κ2) is 3.96. The zero-order chi connectivity index (χ0) is 12.6. The molecule has 0 unspecified atom stereocenters. The molecule has 0 amide bonds. The van der Waals surface area contributed by atoms with Gasteiger partial charge in [0.15, 0.2) is 9.84 Å². The maximum atomic E-state index is 11.7. The number of sulfone groups is 1. The van der Waals surface area contributed by atoms with Crippen LogP contribution in [0.25, 0.3) is 5.65 Å². The maximum Gasteiger partial charge on any atom is 0.258 e. The smallest absolute Gasteiger partial charge is 0.258 e. The summed E-state index contributed by atoms with van der Waals surface area (Å²) in [7, 11) is -3.18. The third-order valence-corrected chi connectivity index (χ3v) is 3.11. The highest BCUT2D eigenvalue weighted by Crippen LogP contribution is 2.05. The molecular formula is C11H12N2O3S. The molecule has 0 saturated carbocycles. The molecule has 0 bridgehead atoms. The van der Waals surface area contributed by atoms with Gasteiger partial charge in [-0.1, -0.05) is 0 Å². The van der Waals surface area contributed by atoms with Gasteiger partial charge in [-0.3, -0.25) is 9.20 Å². The van der Waals surface area contributed by atoms with E-state index in [0.717, 1.165) is 11.8 Å². The minimum atomic E-state index is -3.18. The second-order valence-corrected chi connectivity index (χ2v) is 6.23. The number of aryl methyl sites for hydroxylation is 1. The predicted molar refractivity (Wildman–Crippen MR) is 64.7 cm³/mol. The van der Waals surface area contributed by atoms with Gasteiger partial charge in [0.2, 0.25) is 0 Å². The average molecular weight is 252 g/mol. The Bertz CT molecular complexity index is 732. The first kappa shape index (κ1) is 11.8. The van der Waals surface area contributed by atoms with Gasteiger partial charge in [0, 0.05) is 18.5 Å². The summed E-state index contributed by atoms with van der Waals surface area (Å²) in [4.78, 5) is 15.9.